The normalized spacial score (nSPS) is 10.5. The Morgan fingerprint density at radius 2 is 1.67 bits per heavy atom. The van der Waals surface area contributed by atoms with E-state index < -0.39 is 0 Å². The van der Waals surface area contributed by atoms with Gasteiger partial charge in [0.05, 0.1) is 12.2 Å². The number of aryl methyl sites for hydroxylation is 3. The number of para-hydroxylation sites is 1. The summed E-state index contributed by atoms with van der Waals surface area (Å²) in [5.41, 5.74) is 5.80. The summed E-state index contributed by atoms with van der Waals surface area (Å²) in [6, 6.07) is 15.3. The van der Waals surface area contributed by atoms with E-state index >= 15 is 0 Å². The minimum absolute atomic E-state index is 0.120. The van der Waals surface area contributed by atoms with E-state index in [2.05, 4.69) is 20.8 Å². The Kier molecular flexibility index (Phi) is 5.35. The quantitative estimate of drug-likeness (QED) is 0.650. The summed E-state index contributed by atoms with van der Waals surface area (Å²) in [7, 11) is 0. The fraction of sp³-hybridized carbons (Fsp3) is 0.190. The van der Waals surface area contributed by atoms with Crippen molar-refractivity contribution in [3.05, 3.63) is 70.9 Å². The maximum Gasteiger partial charge on any atom is 0.269 e. The van der Waals surface area contributed by atoms with Gasteiger partial charge < -0.3 is 10.6 Å². The van der Waals surface area contributed by atoms with Crippen molar-refractivity contribution in [2.75, 3.05) is 11.9 Å². The molecular formula is C21H22N4O2. The van der Waals surface area contributed by atoms with Crippen LogP contribution in [-0.4, -0.2) is 28.6 Å². The molecule has 0 unspecified atom stereocenters. The summed E-state index contributed by atoms with van der Waals surface area (Å²) in [5.74, 6) is -0.656. The van der Waals surface area contributed by atoms with E-state index in [4.69, 9.17) is 0 Å². The Balaban J connectivity index is 1.59. The van der Waals surface area contributed by atoms with Gasteiger partial charge >= 0.3 is 0 Å². The predicted octanol–water partition coefficient (Wildman–Crippen LogP) is 3.37. The molecule has 6 nitrogen and oxygen atoms in total. The number of carbonyl (C=O) groups excluding carboxylic acids is 2. The molecule has 0 aliphatic carbocycles. The first-order valence-electron chi connectivity index (χ1n) is 8.71. The van der Waals surface area contributed by atoms with Crippen molar-refractivity contribution in [2.45, 2.75) is 20.8 Å². The molecular weight excluding hydrogens is 340 g/mol. The van der Waals surface area contributed by atoms with Crippen molar-refractivity contribution in [1.82, 2.24) is 15.5 Å². The molecule has 0 atom stereocenters. The Bertz CT molecular complexity index is 954. The number of carbonyl (C=O) groups is 2. The number of aromatic nitrogens is 2. The number of amides is 2. The summed E-state index contributed by atoms with van der Waals surface area (Å²) in [5, 5.41) is 12.3. The fourth-order valence-electron chi connectivity index (χ4n) is 2.76. The van der Waals surface area contributed by atoms with Crippen LogP contribution < -0.4 is 10.6 Å². The number of H-pyrrole nitrogens is 1. The van der Waals surface area contributed by atoms with Gasteiger partial charge in [0.2, 0.25) is 5.91 Å². The molecule has 0 fully saturated rings. The van der Waals surface area contributed by atoms with Crippen molar-refractivity contribution in [2.24, 2.45) is 0 Å². The largest absolute Gasteiger partial charge is 0.342 e. The second kappa shape index (κ2) is 7.86. The van der Waals surface area contributed by atoms with Crippen molar-refractivity contribution in [1.29, 1.82) is 0 Å². The molecule has 0 spiro atoms. The van der Waals surface area contributed by atoms with Gasteiger partial charge in [-0.25, -0.2) is 0 Å². The molecule has 3 aromatic rings. The van der Waals surface area contributed by atoms with E-state index in [-0.39, 0.29) is 18.4 Å². The highest BCUT2D eigenvalue weighted by molar-refractivity contribution is 5.99. The van der Waals surface area contributed by atoms with E-state index in [9.17, 15) is 9.59 Å². The standard InChI is InChI=1S/C21H22N4O2/c1-13-7-9-16(10-8-13)17-11-18(25-24-17)21(27)22-12-19(26)23-20-14(2)5-4-6-15(20)3/h4-11H,12H2,1-3H3,(H,22,27)(H,23,26)(H,24,25). The molecule has 3 N–H and O–H groups in total. The molecule has 0 aliphatic rings. The van der Waals surface area contributed by atoms with E-state index in [1.807, 2.05) is 63.2 Å². The summed E-state index contributed by atoms with van der Waals surface area (Å²) in [4.78, 5) is 24.4. The zero-order chi connectivity index (χ0) is 19.4. The molecule has 2 amide bonds. The monoisotopic (exact) mass is 362 g/mol. The van der Waals surface area contributed by atoms with Crippen LogP contribution in [0.5, 0.6) is 0 Å². The molecule has 1 heterocycles. The van der Waals surface area contributed by atoms with E-state index in [0.717, 1.165) is 27.9 Å². The Hall–Kier alpha value is -3.41. The molecule has 2 aromatic carbocycles. The number of hydrogen-bond acceptors (Lipinski definition) is 3. The van der Waals surface area contributed by atoms with E-state index in [1.54, 1.807) is 6.07 Å². The third kappa shape index (κ3) is 4.41. The van der Waals surface area contributed by atoms with Crippen LogP contribution in [0, 0.1) is 20.8 Å². The molecule has 0 bridgehead atoms. The molecule has 0 saturated heterocycles. The van der Waals surface area contributed by atoms with Crippen molar-refractivity contribution >= 4 is 17.5 Å². The number of nitrogens with one attached hydrogen (secondary N) is 3. The third-order valence-corrected chi connectivity index (χ3v) is 4.32. The van der Waals surface area contributed by atoms with Gasteiger partial charge in [0.15, 0.2) is 0 Å². The van der Waals surface area contributed by atoms with Gasteiger partial charge in [0.1, 0.15) is 5.69 Å². The summed E-state index contributed by atoms with van der Waals surface area (Å²) < 4.78 is 0. The lowest BCUT2D eigenvalue weighted by molar-refractivity contribution is -0.115. The van der Waals surface area contributed by atoms with Crippen LogP contribution in [0.4, 0.5) is 5.69 Å². The minimum atomic E-state index is -0.377. The highest BCUT2D eigenvalue weighted by Crippen LogP contribution is 2.19. The topological polar surface area (TPSA) is 86.9 Å². The molecule has 27 heavy (non-hydrogen) atoms. The zero-order valence-electron chi connectivity index (χ0n) is 15.6. The molecule has 0 aliphatic heterocycles. The van der Waals surface area contributed by atoms with Crippen LogP contribution in [0.25, 0.3) is 11.3 Å². The van der Waals surface area contributed by atoms with Gasteiger partial charge in [-0.2, -0.15) is 5.10 Å². The average molecular weight is 362 g/mol. The highest BCUT2D eigenvalue weighted by atomic mass is 16.2. The van der Waals surface area contributed by atoms with Crippen LogP contribution in [0.3, 0.4) is 0 Å². The van der Waals surface area contributed by atoms with Gasteiger partial charge in [-0.1, -0.05) is 48.0 Å². The van der Waals surface area contributed by atoms with Crippen molar-refractivity contribution in [3.63, 3.8) is 0 Å². The second-order valence-corrected chi connectivity index (χ2v) is 6.53. The molecule has 0 radical (unpaired) electrons. The van der Waals surface area contributed by atoms with Crippen LogP contribution in [-0.2, 0) is 4.79 Å². The average Bonchev–Trinajstić information content (AvgIpc) is 3.14. The number of nitrogens with zero attached hydrogens (tertiary/aromatic N) is 1. The van der Waals surface area contributed by atoms with Crippen LogP contribution in [0.15, 0.2) is 48.5 Å². The lowest BCUT2D eigenvalue weighted by Gasteiger charge is -2.11. The smallest absolute Gasteiger partial charge is 0.269 e. The SMILES string of the molecule is Cc1ccc(-c2cc(C(=O)NCC(=O)Nc3c(C)cccc3C)[nH]n2)cc1. The molecule has 3 rings (SSSR count). The van der Waals surface area contributed by atoms with E-state index in [0.29, 0.717) is 11.4 Å². The summed E-state index contributed by atoms with van der Waals surface area (Å²) in [6.45, 7) is 5.75. The van der Waals surface area contributed by atoms with Crippen LogP contribution in [0.2, 0.25) is 0 Å². The summed E-state index contributed by atoms with van der Waals surface area (Å²) >= 11 is 0. The maximum absolute atomic E-state index is 12.3. The van der Waals surface area contributed by atoms with Gasteiger partial charge in [0, 0.05) is 11.3 Å². The predicted molar refractivity (Wildman–Crippen MR) is 106 cm³/mol. The van der Waals surface area contributed by atoms with Crippen LogP contribution in [0.1, 0.15) is 27.2 Å². The van der Waals surface area contributed by atoms with Gasteiger partial charge in [-0.15, -0.1) is 0 Å². The Morgan fingerprint density at radius 1 is 1.00 bits per heavy atom. The van der Waals surface area contributed by atoms with Crippen LogP contribution >= 0.6 is 0 Å². The molecule has 0 saturated carbocycles. The lowest BCUT2D eigenvalue weighted by Crippen LogP contribution is -2.33. The Morgan fingerprint density at radius 3 is 2.33 bits per heavy atom. The van der Waals surface area contributed by atoms with Crippen molar-refractivity contribution in [3.8, 4) is 11.3 Å². The number of rotatable bonds is 5. The van der Waals surface area contributed by atoms with Gasteiger partial charge in [-0.3, -0.25) is 14.7 Å². The summed E-state index contributed by atoms with van der Waals surface area (Å²) in [6.07, 6.45) is 0. The molecule has 1 aromatic heterocycles. The highest BCUT2D eigenvalue weighted by Gasteiger charge is 2.13. The minimum Gasteiger partial charge on any atom is -0.342 e. The fourth-order valence-corrected chi connectivity index (χ4v) is 2.76. The van der Waals surface area contributed by atoms with E-state index in [1.165, 1.54) is 0 Å². The Labute approximate surface area is 158 Å². The molecule has 6 heteroatoms. The number of benzene rings is 2. The number of anilines is 1. The maximum atomic E-state index is 12.3. The molecule has 138 valence electrons. The second-order valence-electron chi connectivity index (χ2n) is 6.53. The van der Waals surface area contributed by atoms with Gasteiger partial charge in [-0.05, 0) is 38.0 Å². The number of aromatic amines is 1. The van der Waals surface area contributed by atoms with Gasteiger partial charge in [0.25, 0.3) is 5.91 Å². The first kappa shape index (κ1) is 18.4. The van der Waals surface area contributed by atoms with Crippen molar-refractivity contribution < 1.29 is 9.59 Å². The lowest BCUT2D eigenvalue weighted by atomic mass is 10.1. The number of hydrogen-bond donors (Lipinski definition) is 3. The third-order valence-electron chi connectivity index (χ3n) is 4.32. The first-order valence-corrected chi connectivity index (χ1v) is 8.71. The zero-order valence-corrected chi connectivity index (χ0v) is 15.6. The first-order chi connectivity index (χ1) is 12.9.